The van der Waals surface area contributed by atoms with Gasteiger partial charge in [0.2, 0.25) is 0 Å². The van der Waals surface area contributed by atoms with Gasteiger partial charge in [0.05, 0.1) is 5.69 Å². The van der Waals surface area contributed by atoms with Gasteiger partial charge in [-0.3, -0.25) is 4.79 Å². The number of hydrogen-bond acceptors (Lipinski definition) is 2. The lowest BCUT2D eigenvalue weighted by Crippen LogP contribution is -1.96. The first-order valence-electron chi connectivity index (χ1n) is 6.05. The van der Waals surface area contributed by atoms with Crippen LogP contribution in [0.1, 0.15) is 15.9 Å². The van der Waals surface area contributed by atoms with E-state index in [2.05, 4.69) is 37.2 Å². The Labute approximate surface area is 135 Å². The lowest BCUT2D eigenvalue weighted by molar-refractivity contribution is 0.104. The van der Waals surface area contributed by atoms with E-state index in [0.29, 0.717) is 5.56 Å². The molecule has 1 N–H and O–H groups in total. The van der Waals surface area contributed by atoms with Crippen LogP contribution in [0.2, 0.25) is 0 Å². The van der Waals surface area contributed by atoms with Crippen molar-refractivity contribution < 1.29 is 4.79 Å². The zero-order chi connectivity index (χ0) is 14.5. The molecular weight excluding hydrogens is 382 g/mol. The van der Waals surface area contributed by atoms with Crippen LogP contribution in [0, 0.1) is 6.92 Å². The van der Waals surface area contributed by atoms with Crippen molar-refractivity contribution in [2.24, 2.45) is 0 Å². The second-order valence-corrected chi connectivity index (χ2v) is 6.10. The first-order valence-corrected chi connectivity index (χ1v) is 7.64. The minimum Gasteiger partial charge on any atom is -0.361 e. The zero-order valence-corrected chi connectivity index (χ0v) is 14.0. The van der Waals surface area contributed by atoms with E-state index in [-0.39, 0.29) is 5.78 Å². The van der Waals surface area contributed by atoms with Crippen LogP contribution in [-0.4, -0.2) is 5.78 Å². The third kappa shape index (κ3) is 4.05. The average molecular weight is 395 g/mol. The van der Waals surface area contributed by atoms with Crippen LogP contribution >= 0.6 is 31.9 Å². The van der Waals surface area contributed by atoms with Crippen molar-refractivity contribution in [3.8, 4) is 0 Å². The molecule has 0 saturated carbocycles. The standard InChI is InChI=1S/C16H13Br2NO/c1-11-2-7-15(14(18)10-11)19-9-8-16(20)12-3-5-13(17)6-4-12/h2-10,19H,1H3. The van der Waals surface area contributed by atoms with E-state index in [1.807, 2.05) is 37.3 Å². The number of benzene rings is 2. The Morgan fingerprint density at radius 1 is 1.10 bits per heavy atom. The number of ketones is 1. The number of carbonyl (C=O) groups excluding carboxylic acids is 1. The van der Waals surface area contributed by atoms with Gasteiger partial charge in [-0.1, -0.05) is 22.0 Å². The van der Waals surface area contributed by atoms with Crippen molar-refractivity contribution in [1.82, 2.24) is 0 Å². The van der Waals surface area contributed by atoms with Gasteiger partial charge >= 0.3 is 0 Å². The monoisotopic (exact) mass is 393 g/mol. The Bertz CT molecular complexity index is 648. The molecule has 0 spiro atoms. The normalized spacial score (nSPS) is 10.8. The highest BCUT2D eigenvalue weighted by molar-refractivity contribution is 9.10. The van der Waals surface area contributed by atoms with Gasteiger partial charge < -0.3 is 5.32 Å². The van der Waals surface area contributed by atoms with Crippen LogP contribution in [0.4, 0.5) is 5.69 Å². The third-order valence-corrected chi connectivity index (χ3v) is 3.91. The molecule has 0 radical (unpaired) electrons. The van der Waals surface area contributed by atoms with E-state index in [0.717, 1.165) is 14.6 Å². The van der Waals surface area contributed by atoms with Crippen molar-refractivity contribution in [2.45, 2.75) is 6.92 Å². The predicted octanol–water partition coefficient (Wildman–Crippen LogP) is 5.33. The summed E-state index contributed by atoms with van der Waals surface area (Å²) in [6.07, 6.45) is 3.18. The van der Waals surface area contributed by atoms with Crippen molar-refractivity contribution in [2.75, 3.05) is 5.32 Å². The summed E-state index contributed by atoms with van der Waals surface area (Å²) < 4.78 is 1.93. The van der Waals surface area contributed by atoms with E-state index in [9.17, 15) is 4.79 Å². The molecule has 0 saturated heterocycles. The van der Waals surface area contributed by atoms with E-state index in [1.165, 1.54) is 11.6 Å². The van der Waals surface area contributed by atoms with Gasteiger partial charge in [-0.25, -0.2) is 0 Å². The van der Waals surface area contributed by atoms with Crippen LogP contribution in [0.25, 0.3) is 0 Å². The summed E-state index contributed by atoms with van der Waals surface area (Å²) >= 11 is 6.83. The maximum absolute atomic E-state index is 11.9. The Balaban J connectivity index is 2.02. The number of carbonyl (C=O) groups is 1. The van der Waals surface area contributed by atoms with Gasteiger partial charge in [0.1, 0.15) is 0 Å². The largest absolute Gasteiger partial charge is 0.361 e. The van der Waals surface area contributed by atoms with E-state index < -0.39 is 0 Å². The van der Waals surface area contributed by atoms with E-state index >= 15 is 0 Å². The maximum Gasteiger partial charge on any atom is 0.187 e. The van der Waals surface area contributed by atoms with Gasteiger partial charge in [-0.15, -0.1) is 0 Å². The Kier molecular flexibility index (Phi) is 5.15. The molecule has 0 amide bonds. The highest BCUT2D eigenvalue weighted by Crippen LogP contribution is 2.23. The lowest BCUT2D eigenvalue weighted by Gasteiger charge is -2.04. The summed E-state index contributed by atoms with van der Waals surface area (Å²) in [5.41, 5.74) is 2.77. The van der Waals surface area contributed by atoms with Gasteiger partial charge in [0.25, 0.3) is 0 Å². The molecule has 0 aliphatic carbocycles. The summed E-state index contributed by atoms with van der Waals surface area (Å²) in [5.74, 6) is -0.0340. The predicted molar refractivity (Wildman–Crippen MR) is 90.1 cm³/mol. The smallest absolute Gasteiger partial charge is 0.187 e. The second-order valence-electron chi connectivity index (χ2n) is 4.33. The zero-order valence-electron chi connectivity index (χ0n) is 10.9. The summed E-state index contributed by atoms with van der Waals surface area (Å²) in [5, 5.41) is 3.09. The number of nitrogens with one attached hydrogen (secondary N) is 1. The summed E-state index contributed by atoms with van der Waals surface area (Å²) in [6, 6.07) is 13.3. The molecule has 2 nitrogen and oxygen atoms in total. The molecule has 0 unspecified atom stereocenters. The SMILES string of the molecule is Cc1ccc(NC=CC(=O)c2ccc(Br)cc2)c(Br)c1. The molecule has 102 valence electrons. The van der Waals surface area contributed by atoms with Crippen molar-refractivity contribution in [3.63, 3.8) is 0 Å². The fourth-order valence-corrected chi connectivity index (χ4v) is 2.53. The third-order valence-electron chi connectivity index (χ3n) is 2.73. The number of aryl methyl sites for hydroxylation is 1. The summed E-state index contributed by atoms with van der Waals surface area (Å²) in [7, 11) is 0. The molecule has 20 heavy (non-hydrogen) atoms. The fraction of sp³-hybridized carbons (Fsp3) is 0.0625. The van der Waals surface area contributed by atoms with Crippen LogP contribution in [0.3, 0.4) is 0 Å². The molecule has 0 fully saturated rings. The Morgan fingerprint density at radius 3 is 2.45 bits per heavy atom. The van der Waals surface area contributed by atoms with Crippen LogP contribution in [0.15, 0.2) is 63.7 Å². The highest BCUT2D eigenvalue weighted by Gasteiger charge is 2.01. The van der Waals surface area contributed by atoms with Crippen LogP contribution < -0.4 is 5.32 Å². The van der Waals surface area contributed by atoms with Gasteiger partial charge in [-0.05, 0) is 64.8 Å². The first kappa shape index (κ1) is 15.0. The van der Waals surface area contributed by atoms with Crippen LogP contribution in [0.5, 0.6) is 0 Å². The van der Waals surface area contributed by atoms with Gasteiger partial charge in [-0.2, -0.15) is 0 Å². The molecule has 0 bridgehead atoms. The fourth-order valence-electron chi connectivity index (χ4n) is 1.65. The molecule has 0 aliphatic rings. The molecule has 0 aromatic heterocycles. The maximum atomic E-state index is 11.9. The van der Waals surface area contributed by atoms with Crippen molar-refractivity contribution in [3.05, 3.63) is 74.8 Å². The molecule has 2 rings (SSSR count). The van der Waals surface area contributed by atoms with Crippen molar-refractivity contribution in [1.29, 1.82) is 0 Å². The molecule has 2 aromatic rings. The van der Waals surface area contributed by atoms with E-state index in [1.54, 1.807) is 18.3 Å². The Morgan fingerprint density at radius 2 is 1.80 bits per heavy atom. The molecule has 4 heteroatoms. The number of anilines is 1. The van der Waals surface area contributed by atoms with Gasteiger partial charge in [0.15, 0.2) is 5.78 Å². The average Bonchev–Trinajstić information content (AvgIpc) is 2.42. The number of rotatable bonds is 4. The topological polar surface area (TPSA) is 29.1 Å². The minimum atomic E-state index is -0.0340. The number of allylic oxidation sites excluding steroid dienone is 1. The Hall–Kier alpha value is -1.39. The summed E-state index contributed by atoms with van der Waals surface area (Å²) in [6.45, 7) is 2.03. The van der Waals surface area contributed by atoms with Crippen LogP contribution in [-0.2, 0) is 0 Å². The minimum absolute atomic E-state index is 0.0340. The first-order chi connectivity index (χ1) is 9.56. The van der Waals surface area contributed by atoms with Gasteiger partial charge in [0, 0.05) is 26.8 Å². The molecular formula is C16H13Br2NO. The quantitative estimate of drug-likeness (QED) is 0.560. The number of hydrogen-bond donors (Lipinski definition) is 1. The molecule has 0 atom stereocenters. The highest BCUT2D eigenvalue weighted by atomic mass is 79.9. The second kappa shape index (κ2) is 6.86. The molecule has 2 aromatic carbocycles. The molecule has 0 aliphatic heterocycles. The number of halogens is 2. The summed E-state index contributed by atoms with van der Waals surface area (Å²) in [4.78, 5) is 11.9. The van der Waals surface area contributed by atoms with E-state index in [4.69, 9.17) is 0 Å². The lowest BCUT2D eigenvalue weighted by atomic mass is 10.1. The molecule has 0 heterocycles. The van der Waals surface area contributed by atoms with Crippen molar-refractivity contribution >= 4 is 43.3 Å².